The zero-order valence-corrected chi connectivity index (χ0v) is 8.13. The third-order valence-corrected chi connectivity index (χ3v) is 2.14. The van der Waals surface area contributed by atoms with Gasteiger partial charge in [-0.15, -0.1) is 0 Å². The van der Waals surface area contributed by atoms with Crippen molar-refractivity contribution in [2.24, 2.45) is 7.05 Å². The van der Waals surface area contributed by atoms with E-state index in [-0.39, 0.29) is 12.0 Å². The van der Waals surface area contributed by atoms with E-state index in [0.29, 0.717) is 0 Å². The summed E-state index contributed by atoms with van der Waals surface area (Å²) in [7, 11) is 1.89. The van der Waals surface area contributed by atoms with Gasteiger partial charge in [0.1, 0.15) is 0 Å². The van der Waals surface area contributed by atoms with Gasteiger partial charge in [0.2, 0.25) is 0 Å². The van der Waals surface area contributed by atoms with Crippen LogP contribution in [0.4, 0.5) is 0 Å². The molecule has 0 aromatic carbocycles. The molecule has 1 aromatic rings. The van der Waals surface area contributed by atoms with Crippen LogP contribution in [-0.2, 0) is 12.5 Å². The average Bonchev–Trinajstić information content (AvgIpc) is 2.31. The van der Waals surface area contributed by atoms with Crippen LogP contribution < -0.4 is 0 Å². The van der Waals surface area contributed by atoms with Crippen LogP contribution in [0.1, 0.15) is 25.1 Å². The summed E-state index contributed by atoms with van der Waals surface area (Å²) in [4.78, 5) is 0. The third-order valence-electron chi connectivity index (χ3n) is 2.14. The Morgan fingerprint density at radius 2 is 2.17 bits per heavy atom. The molecule has 1 heterocycles. The summed E-state index contributed by atoms with van der Waals surface area (Å²) >= 11 is 0. The van der Waals surface area contributed by atoms with Gasteiger partial charge in [-0.2, -0.15) is 5.10 Å². The van der Waals surface area contributed by atoms with Crippen molar-refractivity contribution in [3.63, 3.8) is 0 Å². The normalized spacial score (nSPS) is 12.1. The summed E-state index contributed by atoms with van der Waals surface area (Å²) < 4.78 is 1.78. The fourth-order valence-corrected chi connectivity index (χ4v) is 1.35. The average molecular weight is 168 g/mol. The SMILES string of the molecule is Cc1nn(C)cc1C(C)(C)CO. The molecular weight excluding hydrogens is 152 g/mol. The van der Waals surface area contributed by atoms with Crippen LogP contribution in [0.2, 0.25) is 0 Å². The Morgan fingerprint density at radius 1 is 1.58 bits per heavy atom. The summed E-state index contributed by atoms with van der Waals surface area (Å²) in [5, 5.41) is 13.4. The summed E-state index contributed by atoms with van der Waals surface area (Å²) in [6.45, 7) is 6.14. The first-order valence-electron chi connectivity index (χ1n) is 4.09. The molecule has 1 rings (SSSR count). The Bertz CT molecular complexity index is 276. The van der Waals surface area contributed by atoms with Crippen molar-refractivity contribution < 1.29 is 5.11 Å². The summed E-state index contributed by atoms with van der Waals surface area (Å²) in [6, 6.07) is 0. The smallest absolute Gasteiger partial charge is 0.0631 e. The quantitative estimate of drug-likeness (QED) is 0.715. The minimum atomic E-state index is -0.182. The zero-order valence-electron chi connectivity index (χ0n) is 8.13. The lowest BCUT2D eigenvalue weighted by molar-refractivity contribution is 0.218. The molecule has 0 aliphatic heterocycles. The molecule has 0 bridgehead atoms. The highest BCUT2D eigenvalue weighted by atomic mass is 16.3. The van der Waals surface area contributed by atoms with Crippen LogP contribution >= 0.6 is 0 Å². The van der Waals surface area contributed by atoms with Gasteiger partial charge >= 0.3 is 0 Å². The molecule has 1 aromatic heterocycles. The van der Waals surface area contributed by atoms with Gasteiger partial charge in [0.05, 0.1) is 12.3 Å². The van der Waals surface area contributed by atoms with Gasteiger partial charge in [-0.25, -0.2) is 0 Å². The highest BCUT2D eigenvalue weighted by Crippen LogP contribution is 2.24. The first-order valence-corrected chi connectivity index (χ1v) is 4.09. The minimum Gasteiger partial charge on any atom is -0.395 e. The molecule has 12 heavy (non-hydrogen) atoms. The Morgan fingerprint density at radius 3 is 2.50 bits per heavy atom. The maximum Gasteiger partial charge on any atom is 0.0631 e. The van der Waals surface area contributed by atoms with Crippen molar-refractivity contribution in [2.75, 3.05) is 6.61 Å². The molecule has 0 atom stereocenters. The van der Waals surface area contributed by atoms with Crippen LogP contribution in [0.5, 0.6) is 0 Å². The fraction of sp³-hybridized carbons (Fsp3) is 0.667. The second-order valence-corrected chi connectivity index (χ2v) is 3.84. The van der Waals surface area contributed by atoms with E-state index in [0.717, 1.165) is 11.3 Å². The molecule has 3 heteroatoms. The number of hydrogen-bond donors (Lipinski definition) is 1. The standard InChI is InChI=1S/C9H16N2O/c1-7-8(5-11(4)10-7)9(2,3)6-12/h5,12H,6H2,1-4H3. The highest BCUT2D eigenvalue weighted by Gasteiger charge is 2.23. The number of aromatic nitrogens is 2. The van der Waals surface area contributed by atoms with Crippen molar-refractivity contribution in [3.05, 3.63) is 17.5 Å². The number of rotatable bonds is 2. The first kappa shape index (κ1) is 9.26. The van der Waals surface area contributed by atoms with Gasteiger partial charge in [0, 0.05) is 24.2 Å². The Balaban J connectivity index is 3.09. The molecule has 3 nitrogen and oxygen atoms in total. The predicted molar refractivity (Wildman–Crippen MR) is 48.1 cm³/mol. The second kappa shape index (κ2) is 2.90. The largest absolute Gasteiger partial charge is 0.395 e. The molecular formula is C9H16N2O. The molecule has 0 aliphatic rings. The number of aryl methyl sites for hydroxylation is 2. The number of nitrogens with zero attached hydrogens (tertiary/aromatic N) is 2. The molecule has 0 radical (unpaired) electrons. The molecule has 0 fully saturated rings. The van der Waals surface area contributed by atoms with Crippen LogP contribution in [-0.4, -0.2) is 21.5 Å². The van der Waals surface area contributed by atoms with Gasteiger partial charge in [0.25, 0.3) is 0 Å². The van der Waals surface area contributed by atoms with Crippen molar-refractivity contribution in [1.29, 1.82) is 0 Å². The van der Waals surface area contributed by atoms with Crippen LogP contribution in [0.15, 0.2) is 6.20 Å². The van der Waals surface area contributed by atoms with Gasteiger partial charge in [-0.05, 0) is 6.92 Å². The van der Waals surface area contributed by atoms with Gasteiger partial charge in [0.15, 0.2) is 0 Å². The predicted octanol–water partition coefficient (Wildman–Crippen LogP) is 0.998. The topological polar surface area (TPSA) is 38.0 Å². The maximum absolute atomic E-state index is 9.14. The van der Waals surface area contributed by atoms with E-state index < -0.39 is 0 Å². The van der Waals surface area contributed by atoms with Gasteiger partial charge in [-0.1, -0.05) is 13.8 Å². The first-order chi connectivity index (χ1) is 5.47. The number of hydrogen-bond acceptors (Lipinski definition) is 2. The molecule has 1 N–H and O–H groups in total. The lowest BCUT2D eigenvalue weighted by Crippen LogP contribution is -2.22. The maximum atomic E-state index is 9.14. The molecule has 0 spiro atoms. The Labute approximate surface area is 73.0 Å². The fourth-order valence-electron chi connectivity index (χ4n) is 1.35. The third kappa shape index (κ3) is 1.50. The Hall–Kier alpha value is -0.830. The van der Waals surface area contributed by atoms with E-state index in [2.05, 4.69) is 5.10 Å². The molecule has 0 saturated carbocycles. The lowest BCUT2D eigenvalue weighted by atomic mass is 9.86. The zero-order chi connectivity index (χ0) is 9.35. The van der Waals surface area contributed by atoms with Crippen molar-refractivity contribution in [3.8, 4) is 0 Å². The number of aliphatic hydroxyl groups is 1. The highest BCUT2D eigenvalue weighted by molar-refractivity contribution is 5.24. The molecule has 0 amide bonds. The van der Waals surface area contributed by atoms with E-state index in [1.165, 1.54) is 0 Å². The van der Waals surface area contributed by atoms with E-state index in [9.17, 15) is 0 Å². The minimum absolute atomic E-state index is 0.152. The summed E-state index contributed by atoms with van der Waals surface area (Å²) in [5.74, 6) is 0. The van der Waals surface area contributed by atoms with Crippen molar-refractivity contribution in [2.45, 2.75) is 26.2 Å². The molecule has 0 unspecified atom stereocenters. The Kier molecular flexibility index (Phi) is 2.24. The lowest BCUT2D eigenvalue weighted by Gasteiger charge is -2.20. The van der Waals surface area contributed by atoms with Gasteiger partial charge < -0.3 is 5.11 Å². The van der Waals surface area contributed by atoms with Crippen LogP contribution in [0, 0.1) is 6.92 Å². The second-order valence-electron chi connectivity index (χ2n) is 3.84. The van der Waals surface area contributed by atoms with Crippen LogP contribution in [0.3, 0.4) is 0 Å². The van der Waals surface area contributed by atoms with E-state index in [1.807, 2.05) is 34.0 Å². The number of aliphatic hydroxyl groups excluding tert-OH is 1. The van der Waals surface area contributed by atoms with E-state index in [4.69, 9.17) is 5.11 Å². The van der Waals surface area contributed by atoms with Gasteiger partial charge in [-0.3, -0.25) is 4.68 Å². The molecule has 68 valence electrons. The monoisotopic (exact) mass is 168 g/mol. The van der Waals surface area contributed by atoms with E-state index in [1.54, 1.807) is 4.68 Å². The van der Waals surface area contributed by atoms with Crippen molar-refractivity contribution >= 4 is 0 Å². The molecule has 0 aliphatic carbocycles. The van der Waals surface area contributed by atoms with E-state index >= 15 is 0 Å². The van der Waals surface area contributed by atoms with Crippen molar-refractivity contribution in [1.82, 2.24) is 9.78 Å². The summed E-state index contributed by atoms with van der Waals surface area (Å²) in [6.07, 6.45) is 1.96. The molecule has 0 saturated heterocycles. The summed E-state index contributed by atoms with van der Waals surface area (Å²) in [5.41, 5.74) is 1.93. The van der Waals surface area contributed by atoms with Crippen LogP contribution in [0.25, 0.3) is 0 Å².